The number of allylic oxidation sites excluding steroid dienone is 1. The topological polar surface area (TPSA) is 66.9 Å². The van der Waals surface area contributed by atoms with Gasteiger partial charge in [-0.05, 0) is 5.56 Å². The molecule has 35 heavy (non-hydrogen) atoms. The summed E-state index contributed by atoms with van der Waals surface area (Å²) in [6.45, 7) is 0. The van der Waals surface area contributed by atoms with Gasteiger partial charge >= 0.3 is 41.7 Å². The second kappa shape index (κ2) is 8.52. The Bertz CT molecular complexity index is 1040. The van der Waals surface area contributed by atoms with Gasteiger partial charge < -0.3 is 5.73 Å². The van der Waals surface area contributed by atoms with Crippen molar-refractivity contribution in [2.45, 2.75) is 41.7 Å². The molecular weight excluding hydrogens is 533 g/mol. The van der Waals surface area contributed by atoms with Gasteiger partial charge in [-0.1, -0.05) is 30.3 Å². The third kappa shape index (κ3) is 4.14. The maximum absolute atomic E-state index is 14.0. The van der Waals surface area contributed by atoms with Gasteiger partial charge in [0.25, 0.3) is 5.78 Å². The second-order valence-electron chi connectivity index (χ2n) is 6.54. The van der Waals surface area contributed by atoms with Crippen molar-refractivity contribution < 1.29 is 70.7 Å². The Labute approximate surface area is 183 Å². The molecule has 0 bridgehead atoms. The van der Waals surface area contributed by atoms with Crippen molar-refractivity contribution in [2.75, 3.05) is 0 Å². The predicted molar refractivity (Wildman–Crippen MR) is 83.9 cm³/mol. The summed E-state index contributed by atoms with van der Waals surface area (Å²) in [5, 5.41) is 8.78. The van der Waals surface area contributed by atoms with Crippen LogP contribution in [0, 0.1) is 11.3 Å². The third-order valence-corrected chi connectivity index (χ3v) is 4.31. The van der Waals surface area contributed by atoms with E-state index in [-0.39, 0.29) is 0 Å². The number of carbonyl (C=O) groups excluding carboxylic acids is 1. The van der Waals surface area contributed by atoms with Gasteiger partial charge in [0.1, 0.15) is 11.6 Å². The van der Waals surface area contributed by atoms with E-state index < -0.39 is 64.3 Å². The average Bonchev–Trinajstić information content (AvgIpc) is 2.73. The summed E-state index contributed by atoms with van der Waals surface area (Å²) in [5.74, 6) is -52.7. The number of benzene rings is 1. The van der Waals surface area contributed by atoms with E-state index in [9.17, 15) is 70.7 Å². The molecule has 0 saturated heterocycles. The van der Waals surface area contributed by atoms with Crippen molar-refractivity contribution in [3.63, 3.8) is 0 Å². The molecule has 2 N–H and O–H groups in total. The van der Waals surface area contributed by atoms with E-state index in [4.69, 9.17) is 11.0 Å². The molecular formula is C17H7F15N2O. The number of ketones is 1. The molecule has 0 unspecified atom stereocenters. The molecule has 196 valence electrons. The average molecular weight is 540 g/mol. The molecule has 0 spiro atoms. The van der Waals surface area contributed by atoms with Gasteiger partial charge in [-0.25, -0.2) is 0 Å². The molecule has 0 radical (unpaired) electrons. The molecule has 0 heterocycles. The fourth-order valence-electron chi connectivity index (χ4n) is 2.26. The van der Waals surface area contributed by atoms with Gasteiger partial charge in [-0.3, -0.25) is 4.79 Å². The molecule has 0 fully saturated rings. The molecule has 0 amide bonds. The Morgan fingerprint density at radius 2 is 1.03 bits per heavy atom. The zero-order valence-corrected chi connectivity index (χ0v) is 16.0. The van der Waals surface area contributed by atoms with E-state index in [1.165, 1.54) is 6.07 Å². The quantitative estimate of drug-likeness (QED) is 0.257. The number of nitrogens with zero attached hydrogens (tertiary/aromatic N) is 1. The smallest absolute Gasteiger partial charge is 0.397 e. The van der Waals surface area contributed by atoms with Crippen molar-refractivity contribution in [2.24, 2.45) is 5.73 Å². The van der Waals surface area contributed by atoms with Crippen LogP contribution in [0.25, 0.3) is 5.70 Å². The number of rotatable bonds is 8. The van der Waals surface area contributed by atoms with Gasteiger partial charge in [0.15, 0.2) is 0 Å². The Morgan fingerprint density at radius 1 is 0.657 bits per heavy atom. The highest BCUT2D eigenvalue weighted by Crippen LogP contribution is 2.62. The summed E-state index contributed by atoms with van der Waals surface area (Å²) in [4.78, 5) is 11.8. The molecule has 1 rings (SSSR count). The van der Waals surface area contributed by atoms with Crippen molar-refractivity contribution in [3.8, 4) is 6.07 Å². The van der Waals surface area contributed by atoms with Gasteiger partial charge in [0.2, 0.25) is 0 Å². The normalized spacial score (nSPS) is 15.4. The summed E-state index contributed by atoms with van der Waals surface area (Å²) in [7, 11) is 0. The zero-order chi connectivity index (χ0) is 28.1. The first-order valence-corrected chi connectivity index (χ1v) is 8.21. The predicted octanol–water partition coefficient (Wildman–Crippen LogP) is 5.82. The first kappa shape index (κ1) is 29.9. The molecule has 1 aromatic carbocycles. The lowest BCUT2D eigenvalue weighted by Gasteiger charge is -2.41. The highest BCUT2D eigenvalue weighted by molar-refractivity contribution is 6.10. The molecule has 0 aliphatic carbocycles. The van der Waals surface area contributed by atoms with Crippen LogP contribution in [0.2, 0.25) is 0 Å². The van der Waals surface area contributed by atoms with Crippen molar-refractivity contribution in [3.05, 3.63) is 41.5 Å². The van der Waals surface area contributed by atoms with Gasteiger partial charge in [0.05, 0.1) is 5.70 Å². The highest BCUT2D eigenvalue weighted by atomic mass is 19.4. The number of hydrogen-bond donors (Lipinski definition) is 1. The molecule has 0 aliphatic rings. The van der Waals surface area contributed by atoms with Crippen LogP contribution < -0.4 is 5.73 Å². The van der Waals surface area contributed by atoms with Crippen molar-refractivity contribution >= 4 is 11.5 Å². The summed E-state index contributed by atoms with van der Waals surface area (Å²) < 4.78 is 198. The lowest BCUT2D eigenvalue weighted by Crippen LogP contribution is -2.73. The summed E-state index contributed by atoms with van der Waals surface area (Å²) >= 11 is 0. The van der Waals surface area contributed by atoms with E-state index in [1.54, 1.807) is 0 Å². The van der Waals surface area contributed by atoms with E-state index in [0.29, 0.717) is 6.07 Å². The van der Waals surface area contributed by atoms with Crippen LogP contribution >= 0.6 is 0 Å². The van der Waals surface area contributed by atoms with Crippen LogP contribution in [0.1, 0.15) is 5.56 Å². The number of halogens is 15. The van der Waals surface area contributed by atoms with Gasteiger partial charge in [-0.2, -0.15) is 71.1 Å². The molecule has 18 heteroatoms. The van der Waals surface area contributed by atoms with E-state index in [1.807, 2.05) is 0 Å². The fourth-order valence-corrected chi connectivity index (χ4v) is 2.26. The molecule has 0 aliphatic heterocycles. The van der Waals surface area contributed by atoms with E-state index >= 15 is 0 Å². The standard InChI is InChI=1S/C17H7F15N2O/c18-11(19,10(35)8(6-33)9(34)7-4-2-1-3-5-7)12(20,21)13(22,23)14(24,25)15(26,27)16(28,29)17(30,31)32/h1-5H,34H2/b9-8-. The molecule has 0 aromatic heterocycles. The Hall–Kier alpha value is -3.13. The molecule has 1 aromatic rings. The molecule has 3 nitrogen and oxygen atoms in total. The Balaban J connectivity index is 3.73. The van der Waals surface area contributed by atoms with E-state index in [0.717, 1.165) is 24.3 Å². The number of nitriles is 1. The lowest BCUT2D eigenvalue weighted by atomic mass is 9.88. The van der Waals surface area contributed by atoms with Crippen molar-refractivity contribution in [1.82, 2.24) is 0 Å². The highest BCUT2D eigenvalue weighted by Gasteiger charge is 2.94. The SMILES string of the molecule is N#C/C(C(=O)C(F)(F)C(F)(F)C(F)(F)C(F)(F)C(F)(F)C(F)(F)C(F)(F)F)=C(/N)c1ccccc1. The third-order valence-electron chi connectivity index (χ3n) is 4.31. The van der Waals surface area contributed by atoms with Crippen LogP contribution in [0.15, 0.2) is 35.9 Å². The van der Waals surface area contributed by atoms with Crippen LogP contribution in [-0.2, 0) is 4.79 Å². The second-order valence-corrected chi connectivity index (χ2v) is 6.54. The maximum Gasteiger partial charge on any atom is 0.460 e. The summed E-state index contributed by atoms with van der Waals surface area (Å²) in [6.07, 6.45) is -7.75. The van der Waals surface area contributed by atoms with Crippen LogP contribution in [-0.4, -0.2) is 47.5 Å². The van der Waals surface area contributed by atoms with Crippen LogP contribution in [0.4, 0.5) is 65.9 Å². The van der Waals surface area contributed by atoms with Crippen molar-refractivity contribution in [1.29, 1.82) is 5.26 Å². The van der Waals surface area contributed by atoms with Crippen LogP contribution in [0.5, 0.6) is 0 Å². The first-order valence-electron chi connectivity index (χ1n) is 8.21. The minimum atomic E-state index is -8.55. The summed E-state index contributed by atoms with van der Waals surface area (Å²) in [6, 6.07) is 5.53. The Kier molecular flexibility index (Phi) is 7.28. The minimum absolute atomic E-state index is 0.485. The zero-order valence-electron chi connectivity index (χ0n) is 16.0. The van der Waals surface area contributed by atoms with Gasteiger partial charge in [0, 0.05) is 0 Å². The summed E-state index contributed by atoms with van der Waals surface area (Å²) in [5.41, 5.74) is 0.869. The lowest BCUT2D eigenvalue weighted by molar-refractivity contribution is -0.449. The number of Topliss-reactive ketones (excluding diaryl/α,β-unsaturated/α-hetero) is 1. The fraction of sp³-hybridized carbons (Fsp3) is 0.412. The van der Waals surface area contributed by atoms with Crippen LogP contribution in [0.3, 0.4) is 0 Å². The largest absolute Gasteiger partial charge is 0.460 e. The number of hydrogen-bond acceptors (Lipinski definition) is 3. The molecule has 0 saturated carbocycles. The monoisotopic (exact) mass is 540 g/mol. The number of carbonyl (C=O) groups is 1. The van der Waals surface area contributed by atoms with E-state index in [2.05, 4.69) is 0 Å². The molecule has 0 atom stereocenters. The maximum atomic E-state index is 14.0. The number of alkyl halides is 15. The minimum Gasteiger partial charge on any atom is -0.397 e. The Morgan fingerprint density at radius 3 is 1.40 bits per heavy atom. The first-order chi connectivity index (χ1) is 15.4. The number of nitrogens with two attached hydrogens (primary N) is 1. The van der Waals surface area contributed by atoms with Gasteiger partial charge in [-0.15, -0.1) is 0 Å².